The minimum atomic E-state index is -0.169. The Balaban J connectivity index is 1.60. The molecule has 0 fully saturated rings. The van der Waals surface area contributed by atoms with Crippen LogP contribution in [0.25, 0.3) is 5.69 Å². The van der Waals surface area contributed by atoms with Crippen LogP contribution >= 0.6 is 11.8 Å². The van der Waals surface area contributed by atoms with E-state index >= 15 is 0 Å². The number of nitrogens with zero attached hydrogens (tertiary/aromatic N) is 3. The summed E-state index contributed by atoms with van der Waals surface area (Å²) in [6.07, 6.45) is 1.62. The molecule has 132 valence electrons. The molecule has 0 radical (unpaired) electrons. The Morgan fingerprint density at radius 1 is 1.04 bits per heavy atom. The summed E-state index contributed by atoms with van der Waals surface area (Å²) in [7, 11) is 0. The zero-order valence-corrected chi connectivity index (χ0v) is 14.9. The molecule has 0 atom stereocenters. The predicted octanol–water partition coefficient (Wildman–Crippen LogP) is 2.96. The van der Waals surface area contributed by atoms with Crippen molar-refractivity contribution in [3.8, 4) is 5.69 Å². The highest BCUT2D eigenvalue weighted by atomic mass is 32.2. The van der Waals surface area contributed by atoms with Gasteiger partial charge >= 0.3 is 0 Å². The first-order valence-corrected chi connectivity index (χ1v) is 8.86. The quantitative estimate of drug-likeness (QED) is 0.654. The number of aromatic nitrogens is 3. The normalized spacial score (nSPS) is 10.3. The lowest BCUT2D eigenvalue weighted by Crippen LogP contribution is -2.15. The molecule has 0 aliphatic rings. The Labute approximate surface area is 154 Å². The zero-order valence-electron chi connectivity index (χ0n) is 14.0. The maximum absolute atomic E-state index is 12.2. The van der Waals surface area contributed by atoms with E-state index in [1.54, 1.807) is 30.6 Å². The summed E-state index contributed by atoms with van der Waals surface area (Å²) in [5, 5.41) is 14.1. The van der Waals surface area contributed by atoms with Gasteiger partial charge in [0.1, 0.15) is 6.33 Å². The standard InChI is InChI=1S/C18H17N5O2S/c1-13(24)20-14-6-5-7-15(10-14)21-17(25)11-26-18-22-19-12-23(18)16-8-3-2-4-9-16/h2-10,12H,11H2,1H3,(H,20,24)(H,21,25). The van der Waals surface area contributed by atoms with Crippen molar-refractivity contribution < 1.29 is 9.59 Å². The third kappa shape index (κ3) is 4.70. The van der Waals surface area contributed by atoms with Gasteiger partial charge in [0.15, 0.2) is 5.16 Å². The molecule has 0 saturated carbocycles. The van der Waals surface area contributed by atoms with Crippen molar-refractivity contribution in [2.75, 3.05) is 16.4 Å². The number of nitrogens with one attached hydrogen (secondary N) is 2. The smallest absolute Gasteiger partial charge is 0.234 e. The molecule has 0 unspecified atom stereocenters. The number of benzene rings is 2. The van der Waals surface area contributed by atoms with Gasteiger partial charge < -0.3 is 10.6 Å². The minimum Gasteiger partial charge on any atom is -0.326 e. The molecule has 3 aromatic rings. The van der Waals surface area contributed by atoms with Gasteiger partial charge in [-0.05, 0) is 30.3 Å². The number of rotatable bonds is 6. The summed E-state index contributed by atoms with van der Waals surface area (Å²) in [6, 6.07) is 16.7. The summed E-state index contributed by atoms with van der Waals surface area (Å²) in [5.41, 5.74) is 2.18. The van der Waals surface area contributed by atoms with Crippen molar-refractivity contribution in [3.05, 3.63) is 60.9 Å². The summed E-state index contributed by atoms with van der Waals surface area (Å²) in [5.74, 6) is -0.141. The third-order valence-electron chi connectivity index (χ3n) is 3.35. The highest BCUT2D eigenvalue weighted by Crippen LogP contribution is 2.20. The molecule has 0 saturated heterocycles. The number of carbonyl (C=O) groups excluding carboxylic acids is 2. The number of carbonyl (C=O) groups is 2. The first kappa shape index (κ1) is 17.7. The molecule has 2 aromatic carbocycles. The maximum atomic E-state index is 12.2. The van der Waals surface area contributed by atoms with E-state index in [2.05, 4.69) is 20.8 Å². The van der Waals surface area contributed by atoms with Crippen molar-refractivity contribution in [3.63, 3.8) is 0 Å². The second-order valence-corrected chi connectivity index (χ2v) is 6.36. The molecule has 1 aromatic heterocycles. The molecule has 8 heteroatoms. The van der Waals surface area contributed by atoms with E-state index in [0.717, 1.165) is 5.69 Å². The lowest BCUT2D eigenvalue weighted by atomic mass is 10.2. The zero-order chi connectivity index (χ0) is 18.4. The minimum absolute atomic E-state index is 0.163. The first-order chi connectivity index (χ1) is 12.6. The molecular weight excluding hydrogens is 350 g/mol. The fraction of sp³-hybridized carbons (Fsp3) is 0.111. The van der Waals surface area contributed by atoms with E-state index in [1.165, 1.54) is 18.7 Å². The van der Waals surface area contributed by atoms with Gasteiger partial charge in [-0.25, -0.2) is 0 Å². The van der Waals surface area contributed by atoms with E-state index in [9.17, 15) is 9.59 Å². The Bertz CT molecular complexity index is 911. The Hall–Kier alpha value is -3.13. The molecule has 26 heavy (non-hydrogen) atoms. The van der Waals surface area contributed by atoms with E-state index in [4.69, 9.17) is 0 Å². The van der Waals surface area contributed by atoms with E-state index in [1.807, 2.05) is 34.9 Å². The number of thioether (sulfide) groups is 1. The van der Waals surface area contributed by atoms with Crippen molar-refractivity contribution in [2.45, 2.75) is 12.1 Å². The van der Waals surface area contributed by atoms with Gasteiger partial charge in [-0.1, -0.05) is 36.0 Å². The number of amides is 2. The number of hydrogen-bond donors (Lipinski definition) is 2. The number of para-hydroxylation sites is 1. The van der Waals surface area contributed by atoms with Crippen molar-refractivity contribution in [1.82, 2.24) is 14.8 Å². The summed E-state index contributed by atoms with van der Waals surface area (Å²) in [4.78, 5) is 23.3. The summed E-state index contributed by atoms with van der Waals surface area (Å²) >= 11 is 1.30. The largest absolute Gasteiger partial charge is 0.326 e. The van der Waals surface area contributed by atoms with Gasteiger partial charge in [-0.3, -0.25) is 14.2 Å². The molecule has 7 nitrogen and oxygen atoms in total. The van der Waals surface area contributed by atoms with Gasteiger partial charge in [-0.15, -0.1) is 10.2 Å². The van der Waals surface area contributed by atoms with Gasteiger partial charge in [-0.2, -0.15) is 0 Å². The second kappa shape index (κ2) is 8.30. The van der Waals surface area contributed by atoms with Gasteiger partial charge in [0, 0.05) is 24.0 Å². The van der Waals surface area contributed by atoms with Crippen molar-refractivity contribution >= 4 is 35.0 Å². The SMILES string of the molecule is CC(=O)Nc1cccc(NC(=O)CSc2nncn2-c2ccccc2)c1. The molecule has 0 bridgehead atoms. The molecule has 0 aliphatic heterocycles. The fourth-order valence-electron chi connectivity index (χ4n) is 2.29. The first-order valence-electron chi connectivity index (χ1n) is 7.87. The van der Waals surface area contributed by atoms with Crippen LogP contribution in [0.5, 0.6) is 0 Å². The van der Waals surface area contributed by atoms with Crippen LogP contribution in [-0.4, -0.2) is 32.3 Å². The maximum Gasteiger partial charge on any atom is 0.234 e. The molecule has 3 rings (SSSR count). The highest BCUT2D eigenvalue weighted by Gasteiger charge is 2.10. The summed E-state index contributed by atoms with van der Waals surface area (Å²) in [6.45, 7) is 1.44. The monoisotopic (exact) mass is 367 g/mol. The van der Waals surface area contributed by atoms with Gasteiger partial charge in [0.05, 0.1) is 5.75 Å². The lowest BCUT2D eigenvalue weighted by Gasteiger charge is -2.08. The van der Waals surface area contributed by atoms with Crippen molar-refractivity contribution in [1.29, 1.82) is 0 Å². The van der Waals surface area contributed by atoms with Crippen LogP contribution in [0, 0.1) is 0 Å². The molecular formula is C18H17N5O2S. The molecule has 1 heterocycles. The second-order valence-electron chi connectivity index (χ2n) is 5.42. The molecule has 0 aliphatic carbocycles. The van der Waals surface area contributed by atoms with Crippen LogP contribution in [0.4, 0.5) is 11.4 Å². The van der Waals surface area contributed by atoms with E-state index < -0.39 is 0 Å². The van der Waals surface area contributed by atoms with Crippen LogP contribution < -0.4 is 10.6 Å². The van der Waals surface area contributed by atoms with E-state index in [-0.39, 0.29) is 17.6 Å². The average Bonchev–Trinajstić information content (AvgIpc) is 3.09. The van der Waals surface area contributed by atoms with Crippen LogP contribution in [0.15, 0.2) is 66.1 Å². The summed E-state index contributed by atoms with van der Waals surface area (Å²) < 4.78 is 1.83. The van der Waals surface area contributed by atoms with Gasteiger partial charge in [0.25, 0.3) is 0 Å². The fourth-order valence-corrected chi connectivity index (χ4v) is 3.02. The van der Waals surface area contributed by atoms with Crippen molar-refractivity contribution in [2.24, 2.45) is 0 Å². The average molecular weight is 367 g/mol. The Morgan fingerprint density at radius 3 is 2.50 bits per heavy atom. The highest BCUT2D eigenvalue weighted by molar-refractivity contribution is 7.99. The lowest BCUT2D eigenvalue weighted by molar-refractivity contribution is -0.114. The van der Waals surface area contributed by atoms with Crippen LogP contribution in [0.1, 0.15) is 6.92 Å². The van der Waals surface area contributed by atoms with E-state index in [0.29, 0.717) is 16.5 Å². The molecule has 0 spiro atoms. The Morgan fingerprint density at radius 2 is 1.77 bits per heavy atom. The third-order valence-corrected chi connectivity index (χ3v) is 4.29. The van der Waals surface area contributed by atoms with Crippen LogP contribution in [-0.2, 0) is 9.59 Å². The molecule has 2 N–H and O–H groups in total. The topological polar surface area (TPSA) is 88.9 Å². The van der Waals surface area contributed by atoms with Crippen LogP contribution in [0.3, 0.4) is 0 Å². The number of anilines is 2. The molecule has 2 amide bonds. The van der Waals surface area contributed by atoms with Crippen LogP contribution in [0.2, 0.25) is 0 Å². The van der Waals surface area contributed by atoms with Gasteiger partial charge in [0.2, 0.25) is 11.8 Å². The number of hydrogen-bond acceptors (Lipinski definition) is 5. The Kier molecular flexibility index (Phi) is 5.65. The predicted molar refractivity (Wildman–Crippen MR) is 101 cm³/mol.